The van der Waals surface area contributed by atoms with E-state index in [1.807, 2.05) is 12.1 Å². The molecule has 0 aromatic heterocycles. The molecule has 2 unspecified atom stereocenters. The Bertz CT molecular complexity index is 359. The number of anilines is 1. The molecule has 0 saturated carbocycles. The van der Waals surface area contributed by atoms with Gasteiger partial charge in [-0.2, -0.15) is 0 Å². The Kier molecular flexibility index (Phi) is 2.28. The van der Waals surface area contributed by atoms with E-state index in [-0.39, 0.29) is 17.7 Å². The van der Waals surface area contributed by atoms with Gasteiger partial charge in [-0.15, -0.1) is 0 Å². The zero-order valence-electron chi connectivity index (χ0n) is 8.58. The number of benzene rings is 1. The van der Waals surface area contributed by atoms with Crippen molar-refractivity contribution in [2.24, 2.45) is 5.92 Å². The Morgan fingerprint density at radius 3 is 2.86 bits per heavy atom. The van der Waals surface area contributed by atoms with Gasteiger partial charge in [-0.3, -0.25) is 4.79 Å². The summed E-state index contributed by atoms with van der Waals surface area (Å²) in [6.07, 6.45) is 0.875. The predicted octanol–water partition coefficient (Wildman–Crippen LogP) is 2.25. The van der Waals surface area contributed by atoms with Gasteiger partial charge in [-0.1, -0.05) is 18.2 Å². The minimum absolute atomic E-state index is 0.130. The summed E-state index contributed by atoms with van der Waals surface area (Å²) >= 11 is 0. The van der Waals surface area contributed by atoms with E-state index < -0.39 is 0 Å². The number of carbonyl (C=O) groups is 1. The SMILES string of the molecule is CC(=O)C1Cc2ccccc2NC1C. The fourth-order valence-corrected chi connectivity index (χ4v) is 2.09. The largest absolute Gasteiger partial charge is 0.382 e. The van der Waals surface area contributed by atoms with Crippen LogP contribution in [0.3, 0.4) is 0 Å². The second-order valence-corrected chi connectivity index (χ2v) is 4.01. The van der Waals surface area contributed by atoms with E-state index in [4.69, 9.17) is 0 Å². The Labute approximate surface area is 84.3 Å². The van der Waals surface area contributed by atoms with Crippen LogP contribution in [0.4, 0.5) is 5.69 Å². The lowest BCUT2D eigenvalue weighted by molar-refractivity contribution is -0.121. The molecule has 1 aromatic carbocycles. The van der Waals surface area contributed by atoms with Crippen molar-refractivity contribution < 1.29 is 4.79 Å². The van der Waals surface area contributed by atoms with Crippen molar-refractivity contribution in [3.8, 4) is 0 Å². The molecular formula is C12H15NO. The Balaban J connectivity index is 2.31. The Hall–Kier alpha value is -1.31. The van der Waals surface area contributed by atoms with Crippen molar-refractivity contribution in [3.63, 3.8) is 0 Å². The van der Waals surface area contributed by atoms with Crippen LogP contribution >= 0.6 is 0 Å². The number of Topliss-reactive ketones (excluding diaryl/α,β-unsaturated/α-hetero) is 1. The van der Waals surface area contributed by atoms with Crippen molar-refractivity contribution in [2.75, 3.05) is 5.32 Å². The summed E-state index contributed by atoms with van der Waals surface area (Å²) in [7, 11) is 0. The normalized spacial score (nSPS) is 25.0. The zero-order valence-corrected chi connectivity index (χ0v) is 8.58. The van der Waals surface area contributed by atoms with Crippen molar-refractivity contribution in [2.45, 2.75) is 26.3 Å². The number of nitrogens with one attached hydrogen (secondary N) is 1. The fraction of sp³-hybridized carbons (Fsp3) is 0.417. The van der Waals surface area contributed by atoms with Crippen LogP contribution in [0, 0.1) is 5.92 Å². The molecule has 1 aromatic rings. The number of hydrogen-bond donors (Lipinski definition) is 1. The molecule has 1 aliphatic heterocycles. The van der Waals surface area contributed by atoms with Crippen molar-refractivity contribution in [3.05, 3.63) is 29.8 Å². The highest BCUT2D eigenvalue weighted by Gasteiger charge is 2.27. The van der Waals surface area contributed by atoms with Crippen molar-refractivity contribution >= 4 is 11.5 Å². The summed E-state index contributed by atoms with van der Waals surface area (Å²) in [4.78, 5) is 11.4. The van der Waals surface area contributed by atoms with Crippen LogP contribution in [-0.2, 0) is 11.2 Å². The Morgan fingerprint density at radius 1 is 1.43 bits per heavy atom. The van der Waals surface area contributed by atoms with E-state index >= 15 is 0 Å². The van der Waals surface area contributed by atoms with Crippen LogP contribution in [0.2, 0.25) is 0 Å². The van der Waals surface area contributed by atoms with E-state index in [0.717, 1.165) is 6.42 Å². The first-order valence-corrected chi connectivity index (χ1v) is 5.03. The van der Waals surface area contributed by atoms with Gasteiger partial charge in [0.15, 0.2) is 0 Å². The molecule has 2 heteroatoms. The van der Waals surface area contributed by atoms with Gasteiger partial charge in [0.05, 0.1) is 0 Å². The number of rotatable bonds is 1. The van der Waals surface area contributed by atoms with Gasteiger partial charge in [0, 0.05) is 17.6 Å². The predicted molar refractivity (Wildman–Crippen MR) is 57.4 cm³/mol. The van der Waals surface area contributed by atoms with Crippen LogP contribution in [0.25, 0.3) is 0 Å². The Morgan fingerprint density at radius 2 is 2.14 bits per heavy atom. The smallest absolute Gasteiger partial charge is 0.135 e. The van der Waals surface area contributed by atoms with E-state index in [2.05, 4.69) is 24.4 Å². The average molecular weight is 189 g/mol. The van der Waals surface area contributed by atoms with Crippen LogP contribution in [0.5, 0.6) is 0 Å². The van der Waals surface area contributed by atoms with Crippen molar-refractivity contribution in [1.29, 1.82) is 0 Å². The number of ketones is 1. The molecule has 1 aliphatic rings. The van der Waals surface area contributed by atoms with Crippen LogP contribution in [-0.4, -0.2) is 11.8 Å². The number of carbonyl (C=O) groups excluding carboxylic acids is 1. The number of hydrogen-bond acceptors (Lipinski definition) is 2. The monoisotopic (exact) mass is 189 g/mol. The molecule has 0 saturated heterocycles. The fourth-order valence-electron chi connectivity index (χ4n) is 2.09. The van der Waals surface area contributed by atoms with E-state index in [9.17, 15) is 4.79 Å². The lowest BCUT2D eigenvalue weighted by atomic mass is 9.86. The van der Waals surface area contributed by atoms with Gasteiger partial charge >= 0.3 is 0 Å². The standard InChI is InChI=1S/C12H15NO/c1-8-11(9(2)14)7-10-5-3-4-6-12(10)13-8/h3-6,8,11,13H,7H2,1-2H3. The molecule has 2 nitrogen and oxygen atoms in total. The second-order valence-electron chi connectivity index (χ2n) is 4.01. The summed E-state index contributed by atoms with van der Waals surface area (Å²) in [6.45, 7) is 3.75. The van der Waals surface area contributed by atoms with Gasteiger partial charge in [-0.05, 0) is 31.9 Å². The molecule has 0 fully saturated rings. The molecule has 0 aliphatic carbocycles. The third-order valence-electron chi connectivity index (χ3n) is 2.97. The van der Waals surface area contributed by atoms with E-state index in [1.54, 1.807) is 6.92 Å². The molecular weight excluding hydrogens is 174 g/mol. The van der Waals surface area contributed by atoms with Crippen LogP contribution in [0.1, 0.15) is 19.4 Å². The molecule has 0 spiro atoms. The number of fused-ring (bicyclic) bond motifs is 1. The quantitative estimate of drug-likeness (QED) is 0.734. The van der Waals surface area contributed by atoms with Gasteiger partial charge in [0.1, 0.15) is 5.78 Å². The first-order valence-electron chi connectivity index (χ1n) is 5.03. The minimum atomic E-state index is 0.130. The summed E-state index contributed by atoms with van der Waals surface area (Å²) in [6, 6.07) is 8.45. The second kappa shape index (κ2) is 3.45. The molecule has 2 atom stereocenters. The van der Waals surface area contributed by atoms with Gasteiger partial charge < -0.3 is 5.32 Å². The minimum Gasteiger partial charge on any atom is -0.382 e. The van der Waals surface area contributed by atoms with E-state index in [0.29, 0.717) is 0 Å². The maximum atomic E-state index is 11.4. The third kappa shape index (κ3) is 1.52. The molecule has 2 rings (SSSR count). The maximum absolute atomic E-state index is 11.4. The summed E-state index contributed by atoms with van der Waals surface area (Å²) < 4.78 is 0. The maximum Gasteiger partial charge on any atom is 0.135 e. The topological polar surface area (TPSA) is 29.1 Å². The van der Waals surface area contributed by atoms with Gasteiger partial charge in [0.2, 0.25) is 0 Å². The number of para-hydroxylation sites is 1. The molecule has 0 amide bonds. The highest BCUT2D eigenvalue weighted by molar-refractivity contribution is 5.81. The molecule has 1 N–H and O–H groups in total. The van der Waals surface area contributed by atoms with Gasteiger partial charge in [-0.25, -0.2) is 0 Å². The van der Waals surface area contributed by atoms with Crippen molar-refractivity contribution in [1.82, 2.24) is 0 Å². The highest BCUT2D eigenvalue weighted by atomic mass is 16.1. The lowest BCUT2D eigenvalue weighted by Crippen LogP contribution is -2.36. The van der Waals surface area contributed by atoms with Gasteiger partial charge in [0.25, 0.3) is 0 Å². The summed E-state index contributed by atoms with van der Waals surface area (Å²) in [5.74, 6) is 0.407. The molecule has 14 heavy (non-hydrogen) atoms. The average Bonchev–Trinajstić information content (AvgIpc) is 2.16. The highest BCUT2D eigenvalue weighted by Crippen LogP contribution is 2.28. The van der Waals surface area contributed by atoms with Crippen LogP contribution in [0.15, 0.2) is 24.3 Å². The third-order valence-corrected chi connectivity index (χ3v) is 2.97. The lowest BCUT2D eigenvalue weighted by Gasteiger charge is -2.30. The van der Waals surface area contributed by atoms with E-state index in [1.165, 1.54) is 11.3 Å². The molecule has 1 heterocycles. The zero-order chi connectivity index (χ0) is 10.1. The van der Waals surface area contributed by atoms with Crippen LogP contribution < -0.4 is 5.32 Å². The summed E-state index contributed by atoms with van der Waals surface area (Å²) in [5.41, 5.74) is 2.43. The first kappa shape index (κ1) is 9.25. The summed E-state index contributed by atoms with van der Waals surface area (Å²) in [5, 5.41) is 3.37. The molecule has 74 valence electrons. The molecule has 0 bridgehead atoms. The first-order chi connectivity index (χ1) is 6.68. The molecule has 0 radical (unpaired) electrons.